The fraction of sp³-hybridized carbons (Fsp3) is 0.312. The second-order valence-electron chi connectivity index (χ2n) is 10.9. The third-order valence-electron chi connectivity index (χ3n) is 7.89. The van der Waals surface area contributed by atoms with Gasteiger partial charge in [-0.15, -0.1) is 0 Å². The molecular weight excluding hydrogens is 569 g/mol. The minimum atomic E-state index is -0.648. The highest BCUT2D eigenvalue weighted by molar-refractivity contribution is 7.80. The summed E-state index contributed by atoms with van der Waals surface area (Å²) in [5, 5.41) is 9.55. The summed E-state index contributed by atoms with van der Waals surface area (Å²) in [5.74, 6) is 1.94. The molecule has 4 aromatic rings. The van der Waals surface area contributed by atoms with Crippen molar-refractivity contribution in [2.75, 3.05) is 32.1 Å². The van der Waals surface area contributed by atoms with Crippen molar-refractivity contribution in [3.05, 3.63) is 78.1 Å². The first kappa shape index (κ1) is 28.8. The van der Waals surface area contributed by atoms with Gasteiger partial charge < -0.3 is 30.2 Å². The van der Waals surface area contributed by atoms with Gasteiger partial charge in [-0.05, 0) is 85.7 Å². The van der Waals surface area contributed by atoms with Crippen LogP contribution in [0.2, 0.25) is 0 Å². The molecule has 11 heteroatoms. The number of nitrogens with zero attached hydrogens (tertiary/aromatic N) is 2. The molecule has 1 saturated heterocycles. The van der Waals surface area contributed by atoms with Crippen molar-refractivity contribution in [2.45, 2.75) is 19.3 Å². The largest absolute Gasteiger partial charge is 0.493 e. The Morgan fingerprint density at radius 1 is 1.05 bits per heavy atom. The SMILES string of the molecule is COc1nc(Oc2ccc(NC(=S)NC(=O)Cc3ccccc3)cc2F)c2ccc(OCC3CC4CNCC4C3)cc2n1. The minimum Gasteiger partial charge on any atom is -0.493 e. The summed E-state index contributed by atoms with van der Waals surface area (Å²) in [6, 6.07) is 19.1. The molecule has 6 rings (SSSR count). The van der Waals surface area contributed by atoms with E-state index in [1.165, 1.54) is 32.1 Å². The van der Waals surface area contributed by atoms with Crippen LogP contribution in [0.5, 0.6) is 23.4 Å². The molecule has 0 bridgehead atoms. The van der Waals surface area contributed by atoms with Crippen molar-refractivity contribution in [2.24, 2.45) is 17.8 Å². The predicted octanol–water partition coefficient (Wildman–Crippen LogP) is 5.25. The summed E-state index contributed by atoms with van der Waals surface area (Å²) in [6.45, 7) is 2.88. The smallest absolute Gasteiger partial charge is 0.320 e. The van der Waals surface area contributed by atoms with Crippen molar-refractivity contribution < 1.29 is 23.4 Å². The van der Waals surface area contributed by atoms with Crippen LogP contribution in [-0.4, -0.2) is 47.8 Å². The van der Waals surface area contributed by atoms with Crippen LogP contribution in [-0.2, 0) is 11.2 Å². The van der Waals surface area contributed by atoms with Crippen molar-refractivity contribution in [3.8, 4) is 23.4 Å². The fourth-order valence-corrected chi connectivity index (χ4v) is 6.07. The first-order chi connectivity index (χ1) is 20.9. The van der Waals surface area contributed by atoms with Crippen LogP contribution in [0.1, 0.15) is 18.4 Å². The van der Waals surface area contributed by atoms with Gasteiger partial charge >= 0.3 is 6.01 Å². The summed E-state index contributed by atoms with van der Waals surface area (Å²) >= 11 is 5.23. The minimum absolute atomic E-state index is 0.0479. The normalized spacial score (nSPS) is 19.1. The van der Waals surface area contributed by atoms with E-state index in [1.807, 2.05) is 42.5 Å². The predicted molar refractivity (Wildman–Crippen MR) is 165 cm³/mol. The number of halogens is 1. The topological polar surface area (TPSA) is 107 Å². The number of thiocarbonyl (C=S) groups is 1. The molecule has 0 radical (unpaired) electrons. The van der Waals surface area contributed by atoms with Gasteiger partial charge in [0.1, 0.15) is 5.75 Å². The monoisotopic (exact) mass is 601 g/mol. The van der Waals surface area contributed by atoms with Gasteiger partial charge in [-0.3, -0.25) is 4.79 Å². The van der Waals surface area contributed by atoms with Crippen LogP contribution in [0.4, 0.5) is 10.1 Å². The van der Waals surface area contributed by atoms with E-state index in [9.17, 15) is 4.79 Å². The summed E-state index contributed by atoms with van der Waals surface area (Å²) in [6.07, 6.45) is 2.55. The maximum Gasteiger partial charge on any atom is 0.320 e. The van der Waals surface area contributed by atoms with E-state index < -0.39 is 5.82 Å². The second-order valence-corrected chi connectivity index (χ2v) is 11.3. The lowest BCUT2D eigenvalue weighted by Gasteiger charge is -2.15. The van der Waals surface area contributed by atoms with Crippen LogP contribution in [0.15, 0.2) is 66.7 Å². The molecule has 3 N–H and O–H groups in total. The van der Waals surface area contributed by atoms with Crippen LogP contribution in [0.3, 0.4) is 0 Å². The van der Waals surface area contributed by atoms with E-state index in [0.29, 0.717) is 34.9 Å². The van der Waals surface area contributed by atoms with Crippen LogP contribution < -0.4 is 30.2 Å². The summed E-state index contributed by atoms with van der Waals surface area (Å²) in [4.78, 5) is 21.0. The van der Waals surface area contributed by atoms with Crippen LogP contribution >= 0.6 is 12.2 Å². The number of ether oxygens (including phenoxy) is 3. The third kappa shape index (κ3) is 7.00. The number of amides is 1. The van der Waals surface area contributed by atoms with Gasteiger partial charge in [0.15, 0.2) is 16.7 Å². The lowest BCUT2D eigenvalue weighted by molar-refractivity contribution is -0.119. The Kier molecular flexibility index (Phi) is 8.62. The van der Waals surface area contributed by atoms with E-state index >= 15 is 4.39 Å². The van der Waals surface area contributed by atoms with Gasteiger partial charge in [0.2, 0.25) is 11.8 Å². The zero-order valence-electron chi connectivity index (χ0n) is 23.6. The van der Waals surface area contributed by atoms with Gasteiger partial charge in [0, 0.05) is 17.8 Å². The molecule has 9 nitrogen and oxygen atoms in total. The van der Waals surface area contributed by atoms with E-state index in [0.717, 1.165) is 30.5 Å². The molecule has 2 heterocycles. The summed E-state index contributed by atoms with van der Waals surface area (Å²) < 4.78 is 32.4. The van der Waals surface area contributed by atoms with Crippen LogP contribution in [0, 0.1) is 23.6 Å². The Morgan fingerprint density at radius 3 is 2.58 bits per heavy atom. The number of hydrogen-bond donors (Lipinski definition) is 3. The fourth-order valence-electron chi connectivity index (χ4n) is 5.84. The Morgan fingerprint density at radius 2 is 1.84 bits per heavy atom. The lowest BCUT2D eigenvalue weighted by Crippen LogP contribution is -2.35. The lowest BCUT2D eigenvalue weighted by atomic mass is 10.0. The van der Waals surface area contributed by atoms with Gasteiger partial charge in [-0.2, -0.15) is 9.97 Å². The highest BCUT2D eigenvalue weighted by Crippen LogP contribution is 2.39. The Bertz CT molecular complexity index is 1630. The average Bonchev–Trinajstić information content (AvgIpc) is 3.60. The quantitative estimate of drug-likeness (QED) is 0.222. The molecule has 1 aliphatic carbocycles. The maximum absolute atomic E-state index is 15.1. The number of carbonyl (C=O) groups is 1. The molecule has 2 fully saturated rings. The van der Waals surface area contributed by atoms with Crippen molar-refractivity contribution in [1.29, 1.82) is 0 Å². The molecular formula is C32H32FN5O4S. The molecule has 2 atom stereocenters. The molecule has 1 saturated carbocycles. The molecule has 3 aromatic carbocycles. The Hall–Kier alpha value is -4.35. The number of rotatable bonds is 9. The van der Waals surface area contributed by atoms with Gasteiger partial charge in [0.05, 0.1) is 31.0 Å². The summed E-state index contributed by atoms with van der Waals surface area (Å²) in [5.41, 5.74) is 1.77. The number of aromatic nitrogens is 2. The molecule has 0 spiro atoms. The molecule has 222 valence electrons. The summed E-state index contributed by atoms with van der Waals surface area (Å²) in [7, 11) is 1.46. The Balaban J connectivity index is 1.10. The molecule has 1 amide bonds. The molecule has 2 unspecified atom stereocenters. The van der Waals surface area contributed by atoms with E-state index in [2.05, 4.69) is 25.9 Å². The number of hydrogen-bond acceptors (Lipinski definition) is 8. The number of nitrogens with one attached hydrogen (secondary N) is 3. The Labute approximate surface area is 254 Å². The molecule has 43 heavy (non-hydrogen) atoms. The average molecular weight is 602 g/mol. The maximum atomic E-state index is 15.1. The van der Waals surface area contributed by atoms with Gasteiger partial charge in [-0.1, -0.05) is 30.3 Å². The number of fused-ring (bicyclic) bond motifs is 2. The van der Waals surface area contributed by atoms with E-state index in [4.69, 9.17) is 26.4 Å². The molecule has 2 aliphatic rings. The molecule has 1 aromatic heterocycles. The van der Waals surface area contributed by atoms with Crippen molar-refractivity contribution in [1.82, 2.24) is 20.6 Å². The first-order valence-electron chi connectivity index (χ1n) is 14.2. The molecule has 1 aliphatic heterocycles. The third-order valence-corrected chi connectivity index (χ3v) is 8.09. The van der Waals surface area contributed by atoms with Crippen molar-refractivity contribution in [3.63, 3.8) is 0 Å². The van der Waals surface area contributed by atoms with Gasteiger partial charge in [0.25, 0.3) is 0 Å². The highest BCUT2D eigenvalue weighted by Gasteiger charge is 2.37. The number of anilines is 1. The van der Waals surface area contributed by atoms with E-state index in [-0.39, 0.29) is 35.1 Å². The van der Waals surface area contributed by atoms with Crippen LogP contribution in [0.25, 0.3) is 10.9 Å². The van der Waals surface area contributed by atoms with Crippen molar-refractivity contribution >= 4 is 39.8 Å². The standard InChI is InChI=1S/C32H32FN5O4S/c1-40-31-36-27-15-24(41-18-20-11-21-16-34-17-22(21)12-20)8-9-25(27)30(38-31)42-28-10-7-23(14-26(28)33)35-32(43)37-29(39)13-19-5-3-2-4-6-19/h2-10,14-15,20-22,34H,11-13,16-18H2,1H3,(H2,35,37,39,43). The zero-order chi connectivity index (χ0) is 29.8. The number of methoxy groups -OCH3 is 1. The van der Waals surface area contributed by atoms with E-state index in [1.54, 1.807) is 12.1 Å². The number of benzene rings is 3. The van der Waals surface area contributed by atoms with Gasteiger partial charge in [-0.25, -0.2) is 4.39 Å². The zero-order valence-corrected chi connectivity index (χ0v) is 24.5. The first-order valence-corrected chi connectivity index (χ1v) is 14.7. The second kappa shape index (κ2) is 12.9. The number of carbonyl (C=O) groups excluding carboxylic acids is 1. The highest BCUT2D eigenvalue weighted by atomic mass is 32.1.